The zero-order valence-electron chi connectivity index (χ0n) is 17.2. The molecule has 4 nitrogen and oxygen atoms in total. The second-order valence-electron chi connectivity index (χ2n) is 7.78. The normalized spacial score (nSPS) is 19.9. The second kappa shape index (κ2) is 14.5. The highest BCUT2D eigenvalue weighted by atomic mass is 16.7. The molecule has 1 N–H and O–H groups in total. The van der Waals surface area contributed by atoms with Crippen molar-refractivity contribution >= 4 is 0 Å². The molecule has 26 heavy (non-hydrogen) atoms. The summed E-state index contributed by atoms with van der Waals surface area (Å²) in [6.07, 6.45) is 12.8. The number of ether oxygens (including phenoxy) is 3. The molecule has 0 aliphatic carbocycles. The molecule has 4 heteroatoms. The van der Waals surface area contributed by atoms with Gasteiger partial charge in [0.1, 0.15) is 6.10 Å². The molecule has 0 radical (unpaired) electrons. The van der Waals surface area contributed by atoms with Gasteiger partial charge in [0.05, 0.1) is 25.9 Å². The fraction of sp³-hybridized carbons (Fsp3) is 0.909. The van der Waals surface area contributed by atoms with Gasteiger partial charge < -0.3 is 19.3 Å². The van der Waals surface area contributed by atoms with Gasteiger partial charge in [-0.1, -0.05) is 58.3 Å². The first kappa shape index (κ1) is 23.4. The van der Waals surface area contributed by atoms with Gasteiger partial charge in [0.15, 0.2) is 5.79 Å². The summed E-state index contributed by atoms with van der Waals surface area (Å²) in [5, 5.41) is 9.89. The monoisotopic (exact) mass is 368 g/mol. The Balaban J connectivity index is 1.88. The van der Waals surface area contributed by atoms with Crippen molar-refractivity contribution in [1.82, 2.24) is 0 Å². The van der Waals surface area contributed by atoms with Gasteiger partial charge in [-0.05, 0) is 20.3 Å². The average molecular weight is 369 g/mol. The maximum absolute atomic E-state index is 9.89. The molecule has 1 aliphatic rings. The fourth-order valence-electron chi connectivity index (χ4n) is 3.04. The minimum Gasteiger partial charge on any atom is -0.390 e. The lowest BCUT2D eigenvalue weighted by molar-refractivity contribution is -0.146. The molecule has 0 amide bonds. The molecular weight excluding hydrogens is 328 g/mol. The summed E-state index contributed by atoms with van der Waals surface area (Å²) in [7, 11) is 0. The topological polar surface area (TPSA) is 47.9 Å². The van der Waals surface area contributed by atoms with E-state index in [-0.39, 0.29) is 6.10 Å². The molecule has 2 unspecified atom stereocenters. The van der Waals surface area contributed by atoms with Crippen molar-refractivity contribution in [2.24, 2.45) is 0 Å². The van der Waals surface area contributed by atoms with E-state index in [1.165, 1.54) is 57.8 Å². The zero-order chi connectivity index (χ0) is 19.1. The Labute approximate surface area is 161 Å². The van der Waals surface area contributed by atoms with Crippen LogP contribution >= 0.6 is 0 Å². The summed E-state index contributed by atoms with van der Waals surface area (Å²) in [5.41, 5.74) is 0. The van der Waals surface area contributed by atoms with E-state index in [0.717, 1.165) is 6.42 Å². The lowest BCUT2D eigenvalue weighted by atomic mass is 10.1. The molecular formula is C22H40O4. The molecule has 1 heterocycles. The largest absolute Gasteiger partial charge is 0.390 e. The average Bonchev–Trinajstić information content (AvgIpc) is 2.95. The van der Waals surface area contributed by atoms with Crippen LogP contribution in [0.25, 0.3) is 0 Å². The first-order valence-corrected chi connectivity index (χ1v) is 10.6. The molecule has 0 spiro atoms. The highest BCUT2D eigenvalue weighted by molar-refractivity contribution is 5.00. The maximum Gasteiger partial charge on any atom is 0.163 e. The molecule has 1 rings (SSSR count). The van der Waals surface area contributed by atoms with Gasteiger partial charge in [-0.25, -0.2) is 0 Å². The van der Waals surface area contributed by atoms with Crippen LogP contribution in [0, 0.1) is 11.8 Å². The first-order valence-electron chi connectivity index (χ1n) is 10.6. The van der Waals surface area contributed by atoms with Crippen LogP contribution in [0.15, 0.2) is 0 Å². The predicted octanol–water partition coefficient (Wildman–Crippen LogP) is 4.83. The third kappa shape index (κ3) is 12.7. The molecule has 1 fully saturated rings. The van der Waals surface area contributed by atoms with Crippen molar-refractivity contribution < 1.29 is 19.3 Å². The number of hydrogen-bond acceptors (Lipinski definition) is 4. The minimum absolute atomic E-state index is 0.0464. The van der Waals surface area contributed by atoms with Crippen LogP contribution in [0.2, 0.25) is 0 Å². The minimum atomic E-state index is -0.527. The smallest absolute Gasteiger partial charge is 0.163 e. The molecule has 0 aromatic carbocycles. The van der Waals surface area contributed by atoms with E-state index < -0.39 is 11.9 Å². The summed E-state index contributed by atoms with van der Waals surface area (Å²) in [5.74, 6) is 5.71. The standard InChI is InChI=1S/C22H40O4/c1-4-5-6-7-8-9-10-11-12-13-14-15-16-20(23)17-24-18-21-19-25-22(2,3)26-21/h20-21,23H,4-13,16-19H2,1-3H3. The number of aliphatic hydroxyl groups excluding tert-OH is 1. The Morgan fingerprint density at radius 3 is 2.31 bits per heavy atom. The van der Waals surface area contributed by atoms with Crippen LogP contribution in [0.3, 0.4) is 0 Å². The maximum atomic E-state index is 9.89. The Kier molecular flexibility index (Phi) is 13.0. The Morgan fingerprint density at radius 2 is 1.69 bits per heavy atom. The van der Waals surface area contributed by atoms with Gasteiger partial charge in [-0.15, -0.1) is 11.8 Å². The molecule has 0 saturated carbocycles. The molecule has 1 aliphatic heterocycles. The van der Waals surface area contributed by atoms with Crippen molar-refractivity contribution in [3.63, 3.8) is 0 Å². The Morgan fingerprint density at radius 1 is 1.04 bits per heavy atom. The predicted molar refractivity (Wildman–Crippen MR) is 106 cm³/mol. The Hall–Kier alpha value is -0.600. The van der Waals surface area contributed by atoms with E-state index in [2.05, 4.69) is 18.8 Å². The number of hydrogen-bond donors (Lipinski definition) is 1. The summed E-state index contributed by atoms with van der Waals surface area (Å²) in [6, 6.07) is 0. The van der Waals surface area contributed by atoms with Crippen molar-refractivity contribution in [1.29, 1.82) is 0 Å². The van der Waals surface area contributed by atoms with Gasteiger partial charge in [0, 0.05) is 12.8 Å². The van der Waals surface area contributed by atoms with Crippen molar-refractivity contribution in [2.45, 2.75) is 109 Å². The fourth-order valence-corrected chi connectivity index (χ4v) is 3.04. The number of unbranched alkanes of at least 4 members (excludes halogenated alkanes) is 9. The van der Waals surface area contributed by atoms with E-state index in [1.54, 1.807) is 0 Å². The number of rotatable bonds is 14. The van der Waals surface area contributed by atoms with Crippen LogP contribution in [0.4, 0.5) is 0 Å². The quantitative estimate of drug-likeness (QED) is 0.352. The van der Waals surface area contributed by atoms with Gasteiger partial charge >= 0.3 is 0 Å². The third-order valence-corrected chi connectivity index (χ3v) is 4.55. The lowest BCUT2D eigenvalue weighted by Gasteiger charge is -2.17. The van der Waals surface area contributed by atoms with E-state index in [0.29, 0.717) is 26.2 Å². The highest BCUT2D eigenvalue weighted by Gasteiger charge is 2.32. The molecule has 2 atom stereocenters. The van der Waals surface area contributed by atoms with E-state index in [4.69, 9.17) is 14.2 Å². The van der Waals surface area contributed by atoms with Crippen LogP contribution in [-0.4, -0.2) is 42.9 Å². The molecule has 1 saturated heterocycles. The van der Waals surface area contributed by atoms with Crippen LogP contribution in [0.1, 0.15) is 91.4 Å². The first-order chi connectivity index (χ1) is 12.5. The second-order valence-corrected chi connectivity index (χ2v) is 7.78. The van der Waals surface area contributed by atoms with Crippen LogP contribution in [0.5, 0.6) is 0 Å². The van der Waals surface area contributed by atoms with E-state index in [9.17, 15) is 5.11 Å². The van der Waals surface area contributed by atoms with Gasteiger partial charge in [0.25, 0.3) is 0 Å². The van der Waals surface area contributed by atoms with E-state index in [1.807, 2.05) is 13.8 Å². The zero-order valence-corrected chi connectivity index (χ0v) is 17.2. The van der Waals surface area contributed by atoms with Gasteiger partial charge in [-0.2, -0.15) is 0 Å². The summed E-state index contributed by atoms with van der Waals surface area (Å²) in [4.78, 5) is 0. The van der Waals surface area contributed by atoms with Crippen LogP contribution in [-0.2, 0) is 14.2 Å². The van der Waals surface area contributed by atoms with Crippen LogP contribution < -0.4 is 0 Å². The van der Waals surface area contributed by atoms with Gasteiger partial charge in [0.2, 0.25) is 0 Å². The molecule has 0 aromatic rings. The van der Waals surface area contributed by atoms with Crippen molar-refractivity contribution in [3.05, 3.63) is 0 Å². The number of aliphatic hydroxyl groups is 1. The van der Waals surface area contributed by atoms with Crippen molar-refractivity contribution in [2.75, 3.05) is 19.8 Å². The molecule has 0 aromatic heterocycles. The van der Waals surface area contributed by atoms with E-state index >= 15 is 0 Å². The Bertz CT molecular complexity index is 397. The summed E-state index contributed by atoms with van der Waals surface area (Å²) in [6.45, 7) is 7.34. The highest BCUT2D eigenvalue weighted by Crippen LogP contribution is 2.22. The third-order valence-electron chi connectivity index (χ3n) is 4.55. The van der Waals surface area contributed by atoms with Crippen molar-refractivity contribution in [3.8, 4) is 11.8 Å². The summed E-state index contributed by atoms with van der Waals surface area (Å²) < 4.78 is 16.6. The van der Waals surface area contributed by atoms with Gasteiger partial charge in [-0.3, -0.25) is 0 Å². The molecule has 0 bridgehead atoms. The molecule has 152 valence electrons. The summed E-state index contributed by atoms with van der Waals surface area (Å²) >= 11 is 0. The lowest BCUT2D eigenvalue weighted by Crippen LogP contribution is -2.25. The SMILES string of the molecule is CCCCCCCCCCCC#CCC(O)COCC1COC(C)(C)O1.